The number of hydrazone groups is 2. The van der Waals surface area contributed by atoms with E-state index in [1.54, 1.807) is 7.05 Å². The Labute approximate surface area is 270 Å². The van der Waals surface area contributed by atoms with E-state index in [1.807, 2.05) is 31.2 Å². The maximum Gasteiger partial charge on any atom is 0.189 e. The van der Waals surface area contributed by atoms with Gasteiger partial charge in [0, 0.05) is 12.6 Å². The monoisotopic (exact) mass is 633 g/mol. The second-order valence-electron chi connectivity index (χ2n) is 9.97. The first-order valence-electron chi connectivity index (χ1n) is 14.2. The highest BCUT2D eigenvalue weighted by atomic mass is 32.1. The zero-order valence-corrected chi connectivity index (χ0v) is 27.1. The minimum Gasteiger partial charge on any atom is -0.364 e. The van der Waals surface area contributed by atoms with Gasteiger partial charge in [0.15, 0.2) is 10.2 Å². The van der Waals surface area contributed by atoms with E-state index < -0.39 is 7.26 Å². The smallest absolute Gasteiger partial charge is 0.189 e. The van der Waals surface area contributed by atoms with Gasteiger partial charge in [-0.1, -0.05) is 97.1 Å². The lowest BCUT2D eigenvalue weighted by molar-refractivity contribution is 0.957. The lowest BCUT2D eigenvalue weighted by Crippen LogP contribution is -2.42. The molecule has 4 N–H and O–H groups in total. The zero-order valence-electron chi connectivity index (χ0n) is 24.6. The molecule has 5 aromatic rings. The second kappa shape index (κ2) is 14.8. The summed E-state index contributed by atoms with van der Waals surface area (Å²) in [5.41, 5.74) is 8.22. The summed E-state index contributed by atoms with van der Waals surface area (Å²) in [6, 6.07) is 46.3. The molecule has 220 valence electrons. The third kappa shape index (κ3) is 7.00. The van der Waals surface area contributed by atoms with Crippen molar-refractivity contribution in [3.05, 3.63) is 139 Å². The van der Waals surface area contributed by atoms with E-state index in [0.29, 0.717) is 27.9 Å². The van der Waals surface area contributed by atoms with Gasteiger partial charge < -0.3 is 10.6 Å². The summed E-state index contributed by atoms with van der Waals surface area (Å²) in [5, 5.41) is 22.5. The summed E-state index contributed by atoms with van der Waals surface area (Å²) in [6.45, 7) is 1.90. The average molecular weight is 634 g/mol. The summed E-state index contributed by atoms with van der Waals surface area (Å²) in [4.78, 5) is 0. The van der Waals surface area contributed by atoms with E-state index in [-0.39, 0.29) is 0 Å². The van der Waals surface area contributed by atoms with Crippen LogP contribution in [0.1, 0.15) is 12.5 Å². The minimum absolute atomic E-state index is 0.406. The fourth-order valence-corrected chi connectivity index (χ4v) is 9.27. The summed E-state index contributed by atoms with van der Waals surface area (Å²) < 4.78 is 0. The van der Waals surface area contributed by atoms with Gasteiger partial charge in [-0.25, -0.2) is 0 Å². The van der Waals surface area contributed by atoms with Crippen LogP contribution in [0.2, 0.25) is 0 Å². The van der Waals surface area contributed by atoms with Gasteiger partial charge in [0.25, 0.3) is 0 Å². The first-order chi connectivity index (χ1) is 21.5. The summed E-state index contributed by atoms with van der Waals surface area (Å²) in [5.74, 6) is 0. The molecule has 0 unspecified atom stereocenters. The van der Waals surface area contributed by atoms with Crippen LogP contribution in [-0.4, -0.2) is 35.0 Å². The van der Waals surface area contributed by atoms with E-state index in [2.05, 4.69) is 141 Å². The van der Waals surface area contributed by atoms with Gasteiger partial charge in [0.1, 0.15) is 35.2 Å². The van der Waals surface area contributed by atoms with Crippen molar-refractivity contribution < 1.29 is 0 Å². The van der Waals surface area contributed by atoms with Crippen molar-refractivity contribution in [1.82, 2.24) is 21.5 Å². The van der Waals surface area contributed by atoms with Gasteiger partial charge >= 0.3 is 0 Å². The van der Waals surface area contributed by atoms with Gasteiger partial charge in [0.05, 0.1) is 5.71 Å². The lowest BCUT2D eigenvalue weighted by atomic mass is 9.99. The molecular weight excluding hydrogens is 600 g/mol. The fourth-order valence-electron chi connectivity index (χ4n) is 5.12. The maximum atomic E-state index is 5.80. The fraction of sp³-hybridized carbons (Fsp3) is 0.0857. The molecule has 0 aliphatic heterocycles. The van der Waals surface area contributed by atoms with E-state index >= 15 is 0 Å². The molecule has 6 nitrogen and oxygen atoms in total. The Morgan fingerprint density at radius 2 is 1.11 bits per heavy atom. The number of fused-ring (bicyclic) bond motifs is 1. The standard InChI is InChI=1S/C35H33N6PS2/c1-26(33(39-40-34(43)36-2)32-24-14-16-27-15-12-13-23-31(27)32)38-41-35(44)37-25-42(28-17-6-3-7-18-28,29-19-8-4-9-20-29)30-21-10-5-11-22-30/h3-24H,25H2,1-2H3,(H3-,36,37,38,39,40,41,43,44)/p+1. The molecule has 0 radical (unpaired) electrons. The van der Waals surface area contributed by atoms with Crippen LogP contribution in [-0.2, 0) is 0 Å². The molecule has 0 aromatic heterocycles. The highest BCUT2D eigenvalue weighted by Gasteiger charge is 2.45. The molecule has 44 heavy (non-hydrogen) atoms. The Morgan fingerprint density at radius 1 is 0.614 bits per heavy atom. The quantitative estimate of drug-likeness (QED) is 0.0752. The number of hydrogen-bond acceptors (Lipinski definition) is 4. The number of hydrogen-bond donors (Lipinski definition) is 4. The molecule has 9 heteroatoms. The maximum absolute atomic E-state index is 5.80. The van der Waals surface area contributed by atoms with Crippen molar-refractivity contribution in [2.75, 3.05) is 13.3 Å². The van der Waals surface area contributed by atoms with Crippen LogP contribution in [0.5, 0.6) is 0 Å². The van der Waals surface area contributed by atoms with Crippen molar-refractivity contribution >= 4 is 80.0 Å². The molecule has 0 fully saturated rings. The van der Waals surface area contributed by atoms with Crippen LogP contribution in [0.3, 0.4) is 0 Å². The van der Waals surface area contributed by atoms with E-state index in [4.69, 9.17) is 24.4 Å². The van der Waals surface area contributed by atoms with E-state index in [9.17, 15) is 0 Å². The topological polar surface area (TPSA) is 72.8 Å². The van der Waals surface area contributed by atoms with Crippen LogP contribution in [0.25, 0.3) is 10.8 Å². The molecule has 0 saturated heterocycles. The minimum atomic E-state index is -2.12. The molecular formula is C35H34N6PS2+. The van der Waals surface area contributed by atoms with E-state index in [1.165, 1.54) is 15.9 Å². The molecule has 0 atom stereocenters. The van der Waals surface area contributed by atoms with Crippen molar-refractivity contribution in [3.63, 3.8) is 0 Å². The second-order valence-corrected chi connectivity index (χ2v) is 14.3. The Hall–Kier alpha value is -4.49. The first kappa shape index (κ1) is 31.0. The van der Waals surface area contributed by atoms with Crippen LogP contribution in [0, 0.1) is 0 Å². The average Bonchev–Trinajstić information content (AvgIpc) is 3.09. The molecule has 0 bridgehead atoms. The number of benzene rings is 5. The third-order valence-electron chi connectivity index (χ3n) is 7.28. The van der Waals surface area contributed by atoms with Crippen molar-refractivity contribution in [1.29, 1.82) is 0 Å². The summed E-state index contributed by atoms with van der Waals surface area (Å²) in [7, 11) is -0.368. The highest BCUT2D eigenvalue weighted by Crippen LogP contribution is 2.54. The van der Waals surface area contributed by atoms with Crippen LogP contribution in [0.4, 0.5) is 0 Å². The highest BCUT2D eigenvalue weighted by molar-refractivity contribution is 7.95. The van der Waals surface area contributed by atoms with Crippen molar-refractivity contribution in [3.8, 4) is 0 Å². The Balaban J connectivity index is 1.45. The van der Waals surface area contributed by atoms with Crippen LogP contribution >= 0.6 is 31.7 Å². The molecule has 0 saturated carbocycles. The van der Waals surface area contributed by atoms with Gasteiger partial charge in [-0.15, -0.1) is 0 Å². The SMILES string of the molecule is CNC(=S)NN=C(C(C)=NNC(=S)NC[P+](c1ccccc1)(c1ccccc1)c1ccccc1)c1cccc2ccccc12. The normalized spacial score (nSPS) is 12.0. The van der Waals surface area contributed by atoms with Crippen LogP contribution < -0.4 is 37.4 Å². The van der Waals surface area contributed by atoms with Crippen LogP contribution in [0.15, 0.2) is 144 Å². The molecule has 0 aliphatic carbocycles. The Morgan fingerprint density at radius 3 is 1.68 bits per heavy atom. The van der Waals surface area contributed by atoms with E-state index in [0.717, 1.165) is 16.3 Å². The lowest BCUT2D eigenvalue weighted by Gasteiger charge is -2.28. The Bertz CT molecular complexity index is 1690. The molecule has 5 aromatic carbocycles. The molecule has 0 heterocycles. The van der Waals surface area contributed by atoms with Crippen molar-refractivity contribution in [2.45, 2.75) is 6.92 Å². The largest absolute Gasteiger partial charge is 0.364 e. The summed E-state index contributed by atoms with van der Waals surface area (Å²) in [6.07, 6.45) is 0.619. The Kier molecular flexibility index (Phi) is 10.4. The molecule has 0 aliphatic rings. The summed E-state index contributed by atoms with van der Waals surface area (Å²) >= 11 is 11.1. The first-order valence-corrected chi connectivity index (χ1v) is 17.0. The molecule has 5 rings (SSSR count). The predicted octanol–water partition coefficient (Wildman–Crippen LogP) is 5.43. The van der Waals surface area contributed by atoms with Gasteiger partial charge in [-0.2, -0.15) is 10.2 Å². The van der Waals surface area contributed by atoms with Gasteiger partial charge in [-0.3, -0.25) is 10.9 Å². The third-order valence-corrected chi connectivity index (χ3v) is 12.0. The number of nitrogens with zero attached hydrogens (tertiary/aromatic N) is 2. The predicted molar refractivity (Wildman–Crippen MR) is 197 cm³/mol. The molecule has 0 spiro atoms. The van der Waals surface area contributed by atoms with Gasteiger partial charge in [0.2, 0.25) is 0 Å². The van der Waals surface area contributed by atoms with Gasteiger partial charge in [-0.05, 0) is 78.5 Å². The zero-order chi connectivity index (χ0) is 30.8. The number of nitrogens with one attached hydrogen (secondary N) is 4. The number of thiocarbonyl (C=S) groups is 2. The van der Waals surface area contributed by atoms with Crippen molar-refractivity contribution in [2.24, 2.45) is 10.2 Å². The molecule has 0 amide bonds. The number of rotatable bonds is 9.